The first-order chi connectivity index (χ1) is 12.0. The summed E-state index contributed by atoms with van der Waals surface area (Å²) in [7, 11) is 1.57. The van der Waals surface area contributed by atoms with Gasteiger partial charge in [-0.25, -0.2) is 0 Å². The molecule has 6 nitrogen and oxygen atoms in total. The predicted octanol–water partition coefficient (Wildman–Crippen LogP) is 0.676. The number of hydrogen-bond acceptors (Lipinski definition) is 5. The first kappa shape index (κ1) is 15.9. The van der Waals surface area contributed by atoms with Crippen LogP contribution >= 0.6 is 0 Å². The normalized spacial score (nSPS) is 35.1. The number of carboxylic acid groups (broad SMARTS) is 1. The van der Waals surface area contributed by atoms with Crippen LogP contribution < -0.4 is 14.7 Å². The molecule has 0 unspecified atom stereocenters. The van der Waals surface area contributed by atoms with Crippen LogP contribution in [0.15, 0.2) is 49.1 Å². The van der Waals surface area contributed by atoms with Gasteiger partial charge in [-0.3, -0.25) is 4.79 Å². The van der Waals surface area contributed by atoms with Crippen molar-refractivity contribution in [3.8, 4) is 5.75 Å². The fourth-order valence-electron chi connectivity index (χ4n) is 4.42. The standard InChI is InChI=1S/C19H19NO5/c1-3-4-14-19-10-9-13(25-19)15(18(22)23)16(19)17(21)20(14)11-5-7-12(24-2)8-6-11/h3,5-10,13-16H,1,4H2,2H3,(H,22,23)/p-1/t13-,14+,15-,16+,19-/m1/s1. The zero-order valence-electron chi connectivity index (χ0n) is 13.8. The van der Waals surface area contributed by atoms with Crippen molar-refractivity contribution in [2.45, 2.75) is 24.2 Å². The maximum absolute atomic E-state index is 13.2. The Morgan fingerprint density at radius 3 is 2.76 bits per heavy atom. The molecular formula is C19H18NO5-. The van der Waals surface area contributed by atoms with E-state index in [0.717, 1.165) is 0 Å². The van der Waals surface area contributed by atoms with E-state index in [1.54, 1.807) is 48.4 Å². The van der Waals surface area contributed by atoms with Crippen molar-refractivity contribution < 1.29 is 24.2 Å². The van der Waals surface area contributed by atoms with Crippen LogP contribution in [-0.2, 0) is 14.3 Å². The topological polar surface area (TPSA) is 78.9 Å². The quantitative estimate of drug-likeness (QED) is 0.737. The summed E-state index contributed by atoms with van der Waals surface area (Å²) in [4.78, 5) is 26.4. The maximum atomic E-state index is 13.2. The highest BCUT2D eigenvalue weighted by molar-refractivity contribution is 6.03. The Bertz CT molecular complexity index is 771. The monoisotopic (exact) mass is 340 g/mol. The van der Waals surface area contributed by atoms with Crippen molar-refractivity contribution in [1.29, 1.82) is 0 Å². The Morgan fingerprint density at radius 2 is 2.16 bits per heavy atom. The van der Waals surface area contributed by atoms with Gasteiger partial charge >= 0.3 is 0 Å². The van der Waals surface area contributed by atoms with Crippen molar-refractivity contribution in [2.24, 2.45) is 11.8 Å². The molecule has 5 atom stereocenters. The number of carbonyl (C=O) groups excluding carboxylic acids is 2. The van der Waals surface area contributed by atoms with Crippen LogP contribution in [0.25, 0.3) is 0 Å². The van der Waals surface area contributed by atoms with Gasteiger partial charge in [-0.05, 0) is 30.7 Å². The maximum Gasteiger partial charge on any atom is 0.234 e. The molecule has 0 N–H and O–H groups in total. The number of aliphatic carboxylic acids is 1. The zero-order valence-corrected chi connectivity index (χ0v) is 13.8. The molecule has 1 aromatic rings. The Balaban J connectivity index is 1.80. The summed E-state index contributed by atoms with van der Waals surface area (Å²) in [6, 6.07) is 6.76. The molecule has 130 valence electrons. The van der Waals surface area contributed by atoms with Crippen molar-refractivity contribution in [1.82, 2.24) is 0 Å². The molecule has 3 heterocycles. The van der Waals surface area contributed by atoms with Gasteiger partial charge in [-0.1, -0.05) is 18.2 Å². The van der Waals surface area contributed by atoms with Gasteiger partial charge in [-0.2, -0.15) is 0 Å². The highest BCUT2D eigenvalue weighted by Gasteiger charge is 2.69. The van der Waals surface area contributed by atoms with E-state index in [4.69, 9.17) is 9.47 Å². The molecule has 1 spiro atoms. The second kappa shape index (κ2) is 5.46. The lowest BCUT2D eigenvalue weighted by molar-refractivity contribution is -0.313. The summed E-state index contributed by atoms with van der Waals surface area (Å²) in [6.07, 6.45) is 5.19. The van der Waals surface area contributed by atoms with Crippen LogP contribution in [0.5, 0.6) is 5.75 Å². The van der Waals surface area contributed by atoms with E-state index in [1.165, 1.54) is 0 Å². The van der Waals surface area contributed by atoms with Gasteiger partial charge in [0.15, 0.2) is 0 Å². The Hall–Kier alpha value is -2.60. The van der Waals surface area contributed by atoms with Gasteiger partial charge in [0, 0.05) is 17.6 Å². The number of benzene rings is 1. The number of nitrogens with zero attached hydrogens (tertiary/aromatic N) is 1. The summed E-state index contributed by atoms with van der Waals surface area (Å²) < 4.78 is 11.2. The van der Waals surface area contributed by atoms with Crippen LogP contribution in [0.1, 0.15) is 6.42 Å². The number of fused-ring (bicyclic) bond motifs is 1. The third-order valence-corrected chi connectivity index (χ3v) is 5.43. The van der Waals surface area contributed by atoms with E-state index in [9.17, 15) is 14.7 Å². The Labute approximate surface area is 145 Å². The van der Waals surface area contributed by atoms with Crippen LogP contribution in [0.4, 0.5) is 5.69 Å². The van der Waals surface area contributed by atoms with Crippen LogP contribution in [-0.4, -0.2) is 36.7 Å². The van der Waals surface area contributed by atoms with Crippen LogP contribution in [0, 0.1) is 11.8 Å². The van der Waals surface area contributed by atoms with Gasteiger partial charge in [-0.15, -0.1) is 6.58 Å². The van der Waals surface area contributed by atoms with Crippen LogP contribution in [0.3, 0.4) is 0 Å². The SMILES string of the molecule is C=CC[C@@H]1N(c2ccc(OC)cc2)C(=O)[C@@H]2[C@H](C(=O)[O-])[C@H]3C=C[C@]21O3. The summed E-state index contributed by atoms with van der Waals surface area (Å²) in [5, 5.41) is 11.6. The number of rotatable bonds is 5. The third-order valence-electron chi connectivity index (χ3n) is 5.43. The second-order valence-electron chi connectivity index (χ2n) is 6.56. The number of ether oxygens (including phenoxy) is 2. The largest absolute Gasteiger partial charge is 0.550 e. The van der Waals surface area contributed by atoms with Crippen molar-refractivity contribution >= 4 is 17.6 Å². The van der Waals surface area contributed by atoms with E-state index >= 15 is 0 Å². The molecule has 0 radical (unpaired) electrons. The van der Waals surface area contributed by atoms with E-state index in [1.807, 2.05) is 6.08 Å². The lowest BCUT2D eigenvalue weighted by Crippen LogP contribution is -2.46. The van der Waals surface area contributed by atoms with E-state index in [0.29, 0.717) is 17.9 Å². The molecule has 4 rings (SSSR count). The zero-order chi connectivity index (χ0) is 17.8. The molecule has 2 bridgehead atoms. The number of amides is 1. The number of carboxylic acids is 1. The van der Waals surface area contributed by atoms with Gasteiger partial charge in [0.1, 0.15) is 11.4 Å². The Kier molecular flexibility index (Phi) is 3.47. The van der Waals surface area contributed by atoms with Crippen molar-refractivity contribution in [2.75, 3.05) is 12.0 Å². The molecule has 3 aliphatic rings. The smallest absolute Gasteiger partial charge is 0.234 e. The van der Waals surface area contributed by atoms with Gasteiger partial charge < -0.3 is 24.3 Å². The minimum atomic E-state index is -1.25. The lowest BCUT2D eigenvalue weighted by atomic mass is 9.74. The number of hydrogen-bond donors (Lipinski definition) is 0. The van der Waals surface area contributed by atoms with E-state index in [2.05, 4.69) is 6.58 Å². The molecule has 1 aromatic carbocycles. The molecule has 25 heavy (non-hydrogen) atoms. The highest BCUT2D eigenvalue weighted by atomic mass is 16.5. The summed E-state index contributed by atoms with van der Waals surface area (Å²) in [5.41, 5.74) is -0.264. The fraction of sp³-hybridized carbons (Fsp3) is 0.368. The second-order valence-corrected chi connectivity index (χ2v) is 6.56. The molecular weight excluding hydrogens is 322 g/mol. The summed E-state index contributed by atoms with van der Waals surface area (Å²) in [6.45, 7) is 3.79. The number of methoxy groups -OCH3 is 1. The molecule has 3 aliphatic heterocycles. The molecule has 2 fully saturated rings. The molecule has 2 saturated heterocycles. The van der Waals surface area contributed by atoms with Crippen molar-refractivity contribution in [3.63, 3.8) is 0 Å². The first-order valence-electron chi connectivity index (χ1n) is 8.19. The number of anilines is 1. The van der Waals surface area contributed by atoms with Gasteiger partial charge in [0.2, 0.25) is 5.91 Å². The third kappa shape index (κ3) is 2.00. The van der Waals surface area contributed by atoms with Gasteiger partial charge in [0.25, 0.3) is 0 Å². The fourth-order valence-corrected chi connectivity index (χ4v) is 4.42. The lowest BCUT2D eigenvalue weighted by Gasteiger charge is -2.32. The minimum absolute atomic E-state index is 0.252. The van der Waals surface area contributed by atoms with E-state index < -0.39 is 29.5 Å². The predicted molar refractivity (Wildman–Crippen MR) is 87.8 cm³/mol. The van der Waals surface area contributed by atoms with E-state index in [-0.39, 0.29) is 11.9 Å². The van der Waals surface area contributed by atoms with Crippen molar-refractivity contribution in [3.05, 3.63) is 49.1 Å². The molecule has 0 saturated carbocycles. The average Bonchev–Trinajstić information content (AvgIpc) is 3.24. The summed E-state index contributed by atoms with van der Waals surface area (Å²) >= 11 is 0. The highest BCUT2D eigenvalue weighted by Crippen LogP contribution is 2.56. The minimum Gasteiger partial charge on any atom is -0.550 e. The Morgan fingerprint density at radius 1 is 1.44 bits per heavy atom. The summed E-state index contributed by atoms with van der Waals surface area (Å²) in [5.74, 6) is -2.56. The van der Waals surface area contributed by atoms with Crippen LogP contribution in [0.2, 0.25) is 0 Å². The molecule has 1 amide bonds. The molecule has 0 aliphatic carbocycles. The first-order valence-corrected chi connectivity index (χ1v) is 8.19. The molecule has 6 heteroatoms. The van der Waals surface area contributed by atoms with Gasteiger partial charge in [0.05, 0.1) is 25.2 Å². The number of carbonyl (C=O) groups is 2. The molecule has 0 aromatic heterocycles. The average molecular weight is 340 g/mol.